The van der Waals surface area contributed by atoms with E-state index < -0.39 is 7.12 Å². The largest absolute Gasteiger partial charge is 0.494 e. The van der Waals surface area contributed by atoms with Crippen molar-refractivity contribution >= 4 is 24.2 Å². The van der Waals surface area contributed by atoms with Crippen molar-refractivity contribution in [3.05, 3.63) is 60.2 Å². The lowest BCUT2D eigenvalue weighted by atomic mass is 9.79. The van der Waals surface area contributed by atoms with Gasteiger partial charge in [-0.15, -0.1) is 0 Å². The summed E-state index contributed by atoms with van der Waals surface area (Å²) < 4.78 is 17.5. The van der Waals surface area contributed by atoms with Gasteiger partial charge in [0.15, 0.2) is 0 Å². The van der Waals surface area contributed by atoms with Gasteiger partial charge >= 0.3 is 7.12 Å². The fourth-order valence-electron chi connectivity index (χ4n) is 2.74. The highest BCUT2D eigenvalue weighted by atomic mass is 16.7. The third-order valence-electron chi connectivity index (χ3n) is 5.06. The molecule has 0 spiro atoms. The first-order valence-corrected chi connectivity index (χ1v) is 9.14. The van der Waals surface area contributed by atoms with Crippen LogP contribution in [0.25, 0.3) is 0 Å². The van der Waals surface area contributed by atoms with Gasteiger partial charge < -0.3 is 19.4 Å². The van der Waals surface area contributed by atoms with Crippen LogP contribution in [0, 0.1) is 0 Å². The summed E-state index contributed by atoms with van der Waals surface area (Å²) in [6.45, 7) is 8.52. The van der Waals surface area contributed by atoms with Crippen molar-refractivity contribution in [2.45, 2.75) is 45.5 Å². The number of carbonyl (C=O) groups excluding carboxylic acids is 1. The van der Waals surface area contributed by atoms with Crippen molar-refractivity contribution < 1.29 is 18.8 Å². The molecule has 2 aromatic rings. The van der Waals surface area contributed by atoms with Gasteiger partial charge in [0.25, 0.3) is 0 Å². The second-order valence-corrected chi connectivity index (χ2v) is 7.74. The summed E-state index contributed by atoms with van der Waals surface area (Å²) in [4.78, 5) is 12.0. The molecule has 0 radical (unpaired) electrons. The minimum atomic E-state index is -0.408. The van der Waals surface area contributed by atoms with E-state index in [1.165, 1.54) is 0 Å². The first-order valence-electron chi connectivity index (χ1n) is 9.14. The molecule has 1 fully saturated rings. The summed E-state index contributed by atoms with van der Waals surface area (Å²) in [5, 5.41) is 2.83. The molecule has 1 aliphatic rings. The van der Waals surface area contributed by atoms with E-state index in [9.17, 15) is 4.79 Å². The lowest BCUT2D eigenvalue weighted by Gasteiger charge is -2.32. The highest BCUT2D eigenvalue weighted by Gasteiger charge is 2.51. The van der Waals surface area contributed by atoms with Gasteiger partial charge in [-0.3, -0.25) is 4.79 Å². The number of rotatable bonds is 6. The van der Waals surface area contributed by atoms with Gasteiger partial charge in [-0.25, -0.2) is 0 Å². The molecule has 1 heterocycles. The quantitative estimate of drug-likeness (QED) is 0.797. The van der Waals surface area contributed by atoms with E-state index in [4.69, 9.17) is 14.0 Å². The van der Waals surface area contributed by atoms with Crippen LogP contribution < -0.4 is 10.8 Å². The Labute approximate surface area is 161 Å². The number of benzene rings is 2. The van der Waals surface area contributed by atoms with Crippen molar-refractivity contribution in [2.75, 3.05) is 11.9 Å². The average Bonchev–Trinajstić information content (AvgIpc) is 2.84. The van der Waals surface area contributed by atoms with Crippen molar-refractivity contribution in [1.82, 2.24) is 0 Å². The molecule has 27 heavy (non-hydrogen) atoms. The molecule has 1 saturated heterocycles. The zero-order valence-electron chi connectivity index (χ0n) is 16.3. The molecular weight excluding hydrogens is 341 g/mol. The van der Waals surface area contributed by atoms with Gasteiger partial charge in [-0.1, -0.05) is 42.5 Å². The second kappa shape index (κ2) is 7.84. The molecule has 1 amide bonds. The summed E-state index contributed by atoms with van der Waals surface area (Å²) in [6, 6.07) is 17.3. The third kappa shape index (κ3) is 4.77. The highest BCUT2D eigenvalue weighted by Crippen LogP contribution is 2.36. The van der Waals surface area contributed by atoms with Crippen LogP contribution in [0.1, 0.15) is 33.3 Å². The van der Waals surface area contributed by atoms with E-state index >= 15 is 0 Å². The highest BCUT2D eigenvalue weighted by molar-refractivity contribution is 6.62. The smallest absolute Gasteiger partial charge is 0.399 e. The molecule has 5 nitrogen and oxygen atoms in total. The van der Waals surface area contributed by atoms with E-state index in [1.807, 2.05) is 82.3 Å². The molecule has 0 saturated carbocycles. The van der Waals surface area contributed by atoms with Crippen molar-refractivity contribution in [3.63, 3.8) is 0 Å². The number of hydrogen-bond donors (Lipinski definition) is 1. The normalized spacial score (nSPS) is 17.7. The van der Waals surface area contributed by atoms with Gasteiger partial charge in [-0.05, 0) is 50.9 Å². The Bertz CT molecular complexity index is 759. The van der Waals surface area contributed by atoms with Crippen LogP contribution in [0.4, 0.5) is 5.69 Å². The maximum atomic E-state index is 12.0. The Hall–Kier alpha value is -2.15. The Morgan fingerprint density at radius 3 is 2.15 bits per heavy atom. The molecule has 0 bridgehead atoms. The number of hydrogen-bond acceptors (Lipinski definition) is 4. The van der Waals surface area contributed by atoms with Crippen LogP contribution in [-0.4, -0.2) is 30.8 Å². The predicted octanol–water partition coefficient (Wildman–Crippen LogP) is 3.14. The van der Waals surface area contributed by atoms with Crippen LogP contribution in [-0.2, 0) is 25.4 Å². The standard InChI is InChI=1S/C21H26BNO4/c1-20(2)21(3,4)27-22(26-20)17-10-12-18(13-11-17)23-19(24)15-25-14-16-8-6-5-7-9-16/h5-13H,14-15H2,1-4H3,(H,23,24). The maximum absolute atomic E-state index is 12.0. The molecule has 1 aliphatic heterocycles. The van der Waals surface area contributed by atoms with Gasteiger partial charge in [0.1, 0.15) is 6.61 Å². The summed E-state index contributed by atoms with van der Waals surface area (Å²) >= 11 is 0. The zero-order chi connectivity index (χ0) is 19.5. The van der Waals surface area contributed by atoms with Crippen molar-refractivity contribution in [1.29, 1.82) is 0 Å². The summed E-state index contributed by atoms with van der Waals surface area (Å²) in [5.74, 6) is -0.186. The fraction of sp³-hybridized carbons (Fsp3) is 0.381. The SMILES string of the molecule is CC1(C)OB(c2ccc(NC(=O)COCc3ccccc3)cc2)OC1(C)C. The molecule has 0 atom stereocenters. The van der Waals surface area contributed by atoms with Crippen molar-refractivity contribution in [2.24, 2.45) is 0 Å². The van der Waals surface area contributed by atoms with Gasteiger partial charge in [0.2, 0.25) is 5.91 Å². The van der Waals surface area contributed by atoms with Gasteiger partial charge in [-0.2, -0.15) is 0 Å². The lowest BCUT2D eigenvalue weighted by molar-refractivity contribution is -0.121. The van der Waals surface area contributed by atoms with E-state index in [0.717, 1.165) is 11.0 Å². The van der Waals surface area contributed by atoms with Crippen molar-refractivity contribution in [3.8, 4) is 0 Å². The number of carbonyl (C=O) groups is 1. The first kappa shape index (κ1) is 19.6. The fourth-order valence-corrected chi connectivity index (χ4v) is 2.74. The summed E-state index contributed by atoms with van der Waals surface area (Å²) in [6.07, 6.45) is 0. The van der Waals surface area contributed by atoms with Crippen LogP contribution in [0.3, 0.4) is 0 Å². The van der Waals surface area contributed by atoms with E-state index in [0.29, 0.717) is 12.3 Å². The van der Waals surface area contributed by atoms with Crippen LogP contribution in [0.2, 0.25) is 0 Å². The third-order valence-corrected chi connectivity index (χ3v) is 5.06. The number of anilines is 1. The summed E-state index contributed by atoms with van der Waals surface area (Å²) in [7, 11) is -0.408. The molecule has 142 valence electrons. The maximum Gasteiger partial charge on any atom is 0.494 e. The molecule has 1 N–H and O–H groups in total. The molecule has 0 unspecified atom stereocenters. The van der Waals surface area contributed by atoms with E-state index in [-0.39, 0.29) is 23.7 Å². The zero-order valence-corrected chi connectivity index (χ0v) is 16.3. The number of ether oxygens (including phenoxy) is 1. The Kier molecular flexibility index (Phi) is 5.70. The minimum absolute atomic E-state index is 0.00781. The lowest BCUT2D eigenvalue weighted by Crippen LogP contribution is -2.41. The van der Waals surface area contributed by atoms with Gasteiger partial charge in [0.05, 0.1) is 17.8 Å². The minimum Gasteiger partial charge on any atom is -0.399 e. The monoisotopic (exact) mass is 367 g/mol. The molecule has 0 aromatic heterocycles. The average molecular weight is 367 g/mol. The first-order chi connectivity index (χ1) is 12.8. The van der Waals surface area contributed by atoms with E-state index in [2.05, 4.69) is 5.32 Å². The van der Waals surface area contributed by atoms with Crippen LogP contribution in [0.15, 0.2) is 54.6 Å². The molecule has 3 rings (SSSR count). The van der Waals surface area contributed by atoms with Gasteiger partial charge in [0, 0.05) is 5.69 Å². The topological polar surface area (TPSA) is 56.8 Å². The second-order valence-electron chi connectivity index (χ2n) is 7.74. The van der Waals surface area contributed by atoms with Crippen LogP contribution >= 0.6 is 0 Å². The predicted molar refractivity (Wildman–Crippen MR) is 107 cm³/mol. The summed E-state index contributed by atoms with van der Waals surface area (Å²) in [5.41, 5.74) is 1.93. The van der Waals surface area contributed by atoms with E-state index in [1.54, 1.807) is 0 Å². The number of amides is 1. The Morgan fingerprint density at radius 1 is 0.963 bits per heavy atom. The Balaban J connectivity index is 1.50. The van der Waals surface area contributed by atoms with Crippen LogP contribution in [0.5, 0.6) is 0 Å². The molecule has 6 heteroatoms. The molecule has 0 aliphatic carbocycles. The number of nitrogens with one attached hydrogen (secondary N) is 1. The molecular formula is C21H26BNO4. The molecule has 2 aromatic carbocycles. The Morgan fingerprint density at radius 2 is 1.56 bits per heavy atom.